The zero-order valence-corrected chi connectivity index (χ0v) is 13.5. The van der Waals surface area contributed by atoms with E-state index in [2.05, 4.69) is 10.9 Å². The lowest BCUT2D eigenvalue weighted by Crippen LogP contribution is -2.41. The fraction of sp³-hybridized carbons (Fsp3) is 0.125. The molecule has 7 nitrogen and oxygen atoms in total. The van der Waals surface area contributed by atoms with Gasteiger partial charge in [0, 0.05) is 10.8 Å². The highest BCUT2D eigenvalue weighted by molar-refractivity contribution is 7.85. The second-order valence-corrected chi connectivity index (χ2v) is 6.68. The van der Waals surface area contributed by atoms with E-state index in [0.29, 0.717) is 16.5 Å². The van der Waals surface area contributed by atoms with E-state index >= 15 is 0 Å². The SMILES string of the molecule is C=CCOc1ccc2c3c(cccc13)C(=O)N(OS(C)(=O)=O)C2=O. The van der Waals surface area contributed by atoms with E-state index in [1.807, 2.05) is 0 Å². The second-order valence-electron chi connectivity index (χ2n) is 5.12. The fourth-order valence-corrected chi connectivity index (χ4v) is 2.93. The second kappa shape index (κ2) is 5.73. The average molecular weight is 347 g/mol. The van der Waals surface area contributed by atoms with Crippen molar-refractivity contribution in [2.75, 3.05) is 12.9 Å². The molecule has 2 aromatic rings. The van der Waals surface area contributed by atoms with Crippen LogP contribution in [0.25, 0.3) is 10.8 Å². The van der Waals surface area contributed by atoms with E-state index in [-0.39, 0.29) is 22.8 Å². The van der Waals surface area contributed by atoms with Crippen molar-refractivity contribution in [1.29, 1.82) is 0 Å². The molecule has 24 heavy (non-hydrogen) atoms. The van der Waals surface area contributed by atoms with Crippen molar-refractivity contribution in [1.82, 2.24) is 5.06 Å². The molecule has 0 aromatic heterocycles. The largest absolute Gasteiger partial charge is 0.489 e. The molecular weight excluding hydrogens is 334 g/mol. The van der Waals surface area contributed by atoms with Crippen molar-refractivity contribution in [2.45, 2.75) is 0 Å². The van der Waals surface area contributed by atoms with Gasteiger partial charge < -0.3 is 4.74 Å². The molecule has 1 aliphatic rings. The summed E-state index contributed by atoms with van der Waals surface area (Å²) in [6.07, 6.45) is 2.34. The summed E-state index contributed by atoms with van der Waals surface area (Å²) in [5.74, 6) is -1.19. The van der Waals surface area contributed by atoms with E-state index in [9.17, 15) is 18.0 Å². The number of rotatable bonds is 5. The molecular formula is C16H13NO6S. The first-order valence-corrected chi connectivity index (χ1v) is 8.73. The Kier molecular flexibility index (Phi) is 3.86. The van der Waals surface area contributed by atoms with Gasteiger partial charge in [-0.25, -0.2) is 0 Å². The Labute approximate surface area is 138 Å². The maximum atomic E-state index is 12.5. The van der Waals surface area contributed by atoms with Crippen LogP contribution < -0.4 is 4.74 Å². The highest BCUT2D eigenvalue weighted by Gasteiger charge is 2.36. The van der Waals surface area contributed by atoms with Crippen LogP contribution in [-0.4, -0.2) is 38.2 Å². The lowest BCUT2D eigenvalue weighted by molar-refractivity contribution is -0.0149. The van der Waals surface area contributed by atoms with Crippen LogP contribution in [0.3, 0.4) is 0 Å². The maximum absolute atomic E-state index is 12.5. The number of benzene rings is 2. The molecule has 0 N–H and O–H groups in total. The van der Waals surface area contributed by atoms with Gasteiger partial charge in [-0.05, 0) is 18.2 Å². The maximum Gasteiger partial charge on any atom is 0.286 e. The van der Waals surface area contributed by atoms with Crippen molar-refractivity contribution in [2.24, 2.45) is 0 Å². The topological polar surface area (TPSA) is 90.0 Å². The van der Waals surface area contributed by atoms with Gasteiger partial charge in [0.2, 0.25) is 0 Å². The summed E-state index contributed by atoms with van der Waals surface area (Å²) in [4.78, 5) is 25.0. The number of carbonyl (C=O) groups excluding carboxylic acids is 2. The molecule has 0 bridgehead atoms. The molecule has 0 radical (unpaired) electrons. The average Bonchev–Trinajstić information content (AvgIpc) is 2.54. The van der Waals surface area contributed by atoms with Gasteiger partial charge in [0.05, 0.1) is 17.4 Å². The van der Waals surface area contributed by atoms with Crippen molar-refractivity contribution in [3.8, 4) is 5.75 Å². The first kappa shape index (κ1) is 16.2. The Morgan fingerprint density at radius 2 is 1.79 bits per heavy atom. The van der Waals surface area contributed by atoms with Crippen molar-refractivity contribution >= 4 is 32.7 Å². The van der Waals surface area contributed by atoms with Crippen molar-refractivity contribution in [3.63, 3.8) is 0 Å². The Morgan fingerprint density at radius 3 is 2.42 bits per heavy atom. The molecule has 0 spiro atoms. The van der Waals surface area contributed by atoms with Crippen LogP contribution in [0.4, 0.5) is 0 Å². The number of hydrogen-bond donors (Lipinski definition) is 0. The molecule has 3 rings (SSSR count). The molecule has 8 heteroatoms. The fourth-order valence-electron chi connectivity index (χ4n) is 2.53. The minimum atomic E-state index is -4.03. The Balaban J connectivity index is 2.20. The van der Waals surface area contributed by atoms with E-state index in [1.165, 1.54) is 12.1 Å². The summed E-state index contributed by atoms with van der Waals surface area (Å²) in [7, 11) is -4.03. The molecule has 1 heterocycles. The highest BCUT2D eigenvalue weighted by atomic mass is 32.2. The van der Waals surface area contributed by atoms with E-state index in [1.54, 1.807) is 24.3 Å². The highest BCUT2D eigenvalue weighted by Crippen LogP contribution is 2.35. The zero-order chi connectivity index (χ0) is 17.5. The molecule has 0 saturated heterocycles. The Bertz CT molecular complexity index is 957. The predicted octanol–water partition coefficient (Wildman–Crippen LogP) is 1.89. The van der Waals surface area contributed by atoms with Gasteiger partial charge in [-0.1, -0.05) is 24.8 Å². The van der Waals surface area contributed by atoms with Gasteiger partial charge in [0.15, 0.2) is 0 Å². The lowest BCUT2D eigenvalue weighted by Gasteiger charge is -2.25. The number of amides is 2. The third kappa shape index (κ3) is 2.66. The van der Waals surface area contributed by atoms with Gasteiger partial charge in [-0.2, -0.15) is 8.42 Å². The molecule has 2 aromatic carbocycles. The first-order valence-electron chi connectivity index (χ1n) is 6.91. The van der Waals surface area contributed by atoms with Crippen LogP contribution >= 0.6 is 0 Å². The van der Waals surface area contributed by atoms with Gasteiger partial charge in [0.1, 0.15) is 12.4 Å². The minimum absolute atomic E-state index is 0.162. The summed E-state index contributed by atoms with van der Waals surface area (Å²) in [6, 6.07) is 7.88. The van der Waals surface area contributed by atoms with Crippen LogP contribution in [-0.2, 0) is 14.4 Å². The number of hydroxylamine groups is 2. The van der Waals surface area contributed by atoms with E-state index < -0.39 is 21.9 Å². The summed E-state index contributed by atoms with van der Waals surface area (Å²) >= 11 is 0. The molecule has 0 aliphatic carbocycles. The zero-order valence-electron chi connectivity index (χ0n) is 12.7. The molecule has 0 saturated carbocycles. The van der Waals surface area contributed by atoms with E-state index in [0.717, 1.165) is 6.26 Å². The van der Waals surface area contributed by atoms with Gasteiger partial charge in [-0.3, -0.25) is 9.59 Å². The Hall–Kier alpha value is -2.71. The van der Waals surface area contributed by atoms with Crippen LogP contribution in [0.5, 0.6) is 5.75 Å². The normalized spacial score (nSPS) is 14.1. The first-order chi connectivity index (χ1) is 11.3. The van der Waals surface area contributed by atoms with Crippen LogP contribution in [0.15, 0.2) is 43.0 Å². The van der Waals surface area contributed by atoms with Crippen LogP contribution in [0, 0.1) is 0 Å². The third-order valence-corrected chi connectivity index (χ3v) is 3.82. The van der Waals surface area contributed by atoms with Gasteiger partial charge in [-0.15, -0.1) is 9.35 Å². The molecule has 0 fully saturated rings. The summed E-state index contributed by atoms with van der Waals surface area (Å²) in [5, 5.41) is 1.24. The molecule has 124 valence electrons. The summed E-state index contributed by atoms with van der Waals surface area (Å²) < 4.78 is 32.7. The summed E-state index contributed by atoms with van der Waals surface area (Å²) in [6.45, 7) is 3.84. The minimum Gasteiger partial charge on any atom is -0.489 e. The van der Waals surface area contributed by atoms with Crippen LogP contribution in [0.1, 0.15) is 20.7 Å². The quantitative estimate of drug-likeness (QED) is 0.606. The number of hydrogen-bond acceptors (Lipinski definition) is 6. The molecule has 0 unspecified atom stereocenters. The molecule has 0 atom stereocenters. The van der Waals surface area contributed by atoms with Crippen molar-refractivity contribution < 1.29 is 27.0 Å². The standard InChI is InChI=1S/C16H13NO6S/c1-3-9-22-13-8-7-12-14-10(13)5-4-6-11(14)15(18)17(16(12)19)23-24(2,20)21/h3-8H,1,9H2,2H3. The van der Waals surface area contributed by atoms with E-state index in [4.69, 9.17) is 4.74 Å². The predicted molar refractivity (Wildman–Crippen MR) is 86.1 cm³/mol. The Morgan fingerprint density at radius 1 is 1.12 bits per heavy atom. The monoisotopic (exact) mass is 347 g/mol. The van der Waals surface area contributed by atoms with Gasteiger partial charge >= 0.3 is 0 Å². The molecule has 2 amide bonds. The lowest BCUT2D eigenvalue weighted by atomic mass is 9.94. The summed E-state index contributed by atoms with van der Waals surface area (Å²) in [5.41, 5.74) is 0.324. The number of imide groups is 1. The molecule has 1 aliphatic heterocycles. The number of nitrogens with zero attached hydrogens (tertiary/aromatic N) is 1. The van der Waals surface area contributed by atoms with Gasteiger partial charge in [0.25, 0.3) is 21.9 Å². The number of ether oxygens (including phenoxy) is 1. The third-order valence-electron chi connectivity index (χ3n) is 3.40. The smallest absolute Gasteiger partial charge is 0.286 e. The number of carbonyl (C=O) groups is 2. The van der Waals surface area contributed by atoms with Crippen molar-refractivity contribution in [3.05, 3.63) is 54.1 Å². The van der Waals surface area contributed by atoms with Crippen LogP contribution in [0.2, 0.25) is 0 Å².